The molecule has 2 aromatic rings. The number of hydrogen-bond donors (Lipinski definition) is 3. The minimum atomic E-state index is -0.616. The van der Waals surface area contributed by atoms with Crippen molar-refractivity contribution in [3.8, 4) is 0 Å². The van der Waals surface area contributed by atoms with Gasteiger partial charge in [-0.05, 0) is 42.1 Å². The molecule has 1 heterocycles. The van der Waals surface area contributed by atoms with E-state index in [-0.39, 0.29) is 17.6 Å². The van der Waals surface area contributed by atoms with Gasteiger partial charge in [-0.25, -0.2) is 4.79 Å². The minimum Gasteiger partial charge on any atom is -0.365 e. The highest BCUT2D eigenvalue weighted by Crippen LogP contribution is 2.33. The summed E-state index contributed by atoms with van der Waals surface area (Å²) in [4.78, 5) is 24.0. The number of hydrogen-bond acceptors (Lipinski definition) is 5. The monoisotopic (exact) mass is 412 g/mol. The number of benzene rings is 1. The highest BCUT2D eigenvalue weighted by molar-refractivity contribution is 7.98. The molecule has 26 heavy (non-hydrogen) atoms. The number of thioether (sulfide) groups is 1. The van der Waals surface area contributed by atoms with Gasteiger partial charge in [0.2, 0.25) is 0 Å². The smallest absolute Gasteiger partial charge is 0.320 e. The van der Waals surface area contributed by atoms with Crippen LogP contribution in [-0.4, -0.2) is 22.4 Å². The lowest BCUT2D eigenvalue weighted by Gasteiger charge is -2.14. The van der Waals surface area contributed by atoms with Crippen molar-refractivity contribution < 1.29 is 9.59 Å². The molecule has 0 spiro atoms. The maximum atomic E-state index is 12.1. The van der Waals surface area contributed by atoms with Crippen LogP contribution in [-0.2, 0) is 5.75 Å². The number of rotatable bonds is 8. The Hall–Kier alpha value is -1.77. The van der Waals surface area contributed by atoms with Crippen LogP contribution >= 0.6 is 34.9 Å². The van der Waals surface area contributed by atoms with Gasteiger partial charge in [0.25, 0.3) is 5.91 Å². The van der Waals surface area contributed by atoms with Gasteiger partial charge in [-0.3, -0.25) is 10.1 Å². The molecule has 0 bridgehead atoms. The van der Waals surface area contributed by atoms with Crippen LogP contribution in [0.5, 0.6) is 0 Å². The summed E-state index contributed by atoms with van der Waals surface area (Å²) in [5.74, 6) is -0.00390. The molecule has 4 N–H and O–H groups in total. The Bertz CT molecular complexity index is 761. The summed E-state index contributed by atoms with van der Waals surface area (Å²) in [6, 6.07) is 7.16. The normalized spacial score (nSPS) is 10.8. The molecule has 0 radical (unpaired) electrons. The first-order chi connectivity index (χ1) is 12.4. The lowest BCUT2D eigenvalue weighted by Crippen LogP contribution is -2.37. The zero-order valence-electron chi connectivity index (χ0n) is 14.5. The molecular weight excluding hydrogens is 392 g/mol. The third-order valence-corrected chi connectivity index (χ3v) is 5.92. The summed E-state index contributed by atoms with van der Waals surface area (Å²) in [7, 11) is 0. The number of urea groups is 1. The maximum absolute atomic E-state index is 12.1. The van der Waals surface area contributed by atoms with Crippen LogP contribution in [0.4, 0.5) is 9.80 Å². The number of nitrogens with one attached hydrogen (secondary N) is 2. The molecule has 3 amide bonds. The van der Waals surface area contributed by atoms with Crippen LogP contribution in [0.25, 0.3) is 0 Å². The van der Waals surface area contributed by atoms with Gasteiger partial charge >= 0.3 is 6.03 Å². The molecule has 0 aliphatic rings. The van der Waals surface area contributed by atoms with E-state index in [2.05, 4.69) is 15.0 Å². The quantitative estimate of drug-likeness (QED) is 0.556. The zero-order chi connectivity index (χ0) is 19.1. The lowest BCUT2D eigenvalue weighted by molar-refractivity contribution is 0.0998. The van der Waals surface area contributed by atoms with Crippen molar-refractivity contribution in [3.05, 3.63) is 40.4 Å². The van der Waals surface area contributed by atoms with Gasteiger partial charge in [0.1, 0.15) is 15.6 Å². The summed E-state index contributed by atoms with van der Waals surface area (Å²) in [5, 5.41) is 7.09. The summed E-state index contributed by atoms with van der Waals surface area (Å²) >= 11 is 8.32. The topological polar surface area (TPSA) is 97.1 Å². The molecule has 0 fully saturated rings. The van der Waals surface area contributed by atoms with Gasteiger partial charge < -0.3 is 11.1 Å². The molecule has 0 aliphatic heterocycles. The van der Waals surface area contributed by atoms with Crippen molar-refractivity contribution in [1.29, 1.82) is 0 Å². The summed E-state index contributed by atoms with van der Waals surface area (Å²) in [6.45, 7) is 4.00. The third kappa shape index (κ3) is 5.62. The van der Waals surface area contributed by atoms with E-state index in [0.717, 1.165) is 29.9 Å². The summed E-state index contributed by atoms with van der Waals surface area (Å²) in [6.07, 6.45) is 1.66. The van der Waals surface area contributed by atoms with E-state index in [9.17, 15) is 9.59 Å². The number of nitrogens with zero attached hydrogens (tertiary/aromatic N) is 1. The van der Waals surface area contributed by atoms with E-state index >= 15 is 0 Å². The van der Waals surface area contributed by atoms with Crippen molar-refractivity contribution in [2.45, 2.75) is 43.5 Å². The Labute approximate surface area is 166 Å². The number of primary amides is 1. The maximum Gasteiger partial charge on any atom is 0.320 e. The van der Waals surface area contributed by atoms with Crippen LogP contribution in [0.3, 0.4) is 0 Å². The fraction of sp³-hybridized carbons (Fsp3) is 0.353. The van der Waals surface area contributed by atoms with E-state index in [1.807, 2.05) is 38.1 Å². The fourth-order valence-corrected chi connectivity index (χ4v) is 4.27. The molecular formula is C17H21ClN4O2S2. The van der Waals surface area contributed by atoms with Crippen molar-refractivity contribution in [1.82, 2.24) is 9.69 Å². The Kier molecular flexibility index (Phi) is 7.74. The van der Waals surface area contributed by atoms with Crippen LogP contribution in [0.15, 0.2) is 29.3 Å². The standard InChI is InChI=1S/C17H21ClN4O2S2/c1-3-12(4-2)20-17(24)21-15-13(14(19)23)16(22-26-15)25-9-10-5-7-11(18)8-6-10/h5-8,12H,3-4,9H2,1-2H3,(H2,19,23)(H2,20,21,24). The molecule has 1 aromatic heterocycles. The van der Waals surface area contributed by atoms with Gasteiger partial charge in [-0.1, -0.05) is 49.3 Å². The zero-order valence-corrected chi connectivity index (χ0v) is 16.9. The van der Waals surface area contributed by atoms with Gasteiger partial charge in [0.15, 0.2) is 0 Å². The van der Waals surface area contributed by atoms with E-state index < -0.39 is 5.91 Å². The van der Waals surface area contributed by atoms with E-state index in [1.165, 1.54) is 11.8 Å². The highest BCUT2D eigenvalue weighted by Gasteiger charge is 2.21. The summed E-state index contributed by atoms with van der Waals surface area (Å²) in [5.41, 5.74) is 6.79. The second-order valence-corrected chi connectivity index (χ2v) is 7.76. The largest absolute Gasteiger partial charge is 0.365 e. The molecule has 0 aliphatic carbocycles. The van der Waals surface area contributed by atoms with Crippen LogP contribution in [0.2, 0.25) is 5.02 Å². The van der Waals surface area contributed by atoms with E-state index in [4.69, 9.17) is 17.3 Å². The molecule has 2 rings (SSSR count). The van der Waals surface area contributed by atoms with Crippen molar-refractivity contribution >= 4 is 51.8 Å². The van der Waals surface area contributed by atoms with Crippen molar-refractivity contribution in [3.63, 3.8) is 0 Å². The first-order valence-electron chi connectivity index (χ1n) is 8.18. The second kappa shape index (κ2) is 9.80. The van der Waals surface area contributed by atoms with Crippen LogP contribution < -0.4 is 16.4 Å². The molecule has 9 heteroatoms. The lowest BCUT2D eigenvalue weighted by atomic mass is 10.2. The first kappa shape index (κ1) is 20.5. The average Bonchev–Trinajstić information content (AvgIpc) is 3.01. The number of nitrogens with two attached hydrogens (primary N) is 1. The molecule has 0 saturated heterocycles. The fourth-order valence-electron chi connectivity index (χ4n) is 2.23. The molecule has 140 valence electrons. The average molecular weight is 413 g/mol. The first-order valence-corrected chi connectivity index (χ1v) is 10.3. The third-order valence-electron chi connectivity index (χ3n) is 3.74. The van der Waals surface area contributed by atoms with Crippen LogP contribution in [0, 0.1) is 0 Å². The van der Waals surface area contributed by atoms with Gasteiger partial charge in [-0.15, -0.1) is 0 Å². The van der Waals surface area contributed by atoms with Gasteiger partial charge in [0.05, 0.1) is 0 Å². The van der Waals surface area contributed by atoms with E-state index in [1.54, 1.807) is 0 Å². The number of carbonyl (C=O) groups is 2. The molecule has 0 saturated carbocycles. The van der Waals surface area contributed by atoms with Crippen LogP contribution in [0.1, 0.15) is 42.6 Å². The SMILES string of the molecule is CCC(CC)NC(=O)Nc1snc(SCc2ccc(Cl)cc2)c1C(N)=O. The van der Waals surface area contributed by atoms with Gasteiger partial charge in [-0.2, -0.15) is 4.37 Å². The molecule has 0 unspecified atom stereocenters. The predicted molar refractivity (Wildman–Crippen MR) is 108 cm³/mol. The minimum absolute atomic E-state index is 0.0821. The number of carbonyl (C=O) groups excluding carboxylic acids is 2. The number of anilines is 1. The van der Waals surface area contributed by atoms with Crippen molar-refractivity contribution in [2.75, 3.05) is 5.32 Å². The Morgan fingerprint density at radius 3 is 2.50 bits per heavy atom. The second-order valence-electron chi connectivity index (χ2n) is 5.58. The Morgan fingerprint density at radius 1 is 1.27 bits per heavy atom. The molecule has 0 atom stereocenters. The molecule has 1 aromatic carbocycles. The number of aromatic nitrogens is 1. The number of amides is 3. The van der Waals surface area contributed by atoms with Crippen molar-refractivity contribution in [2.24, 2.45) is 5.73 Å². The number of halogens is 1. The van der Waals surface area contributed by atoms with Gasteiger partial charge in [0, 0.05) is 16.8 Å². The Morgan fingerprint density at radius 2 is 1.92 bits per heavy atom. The Balaban J connectivity index is 2.08. The summed E-state index contributed by atoms with van der Waals surface area (Å²) < 4.78 is 4.28. The predicted octanol–water partition coefficient (Wildman–Crippen LogP) is 4.50. The molecule has 6 nitrogen and oxygen atoms in total. The van der Waals surface area contributed by atoms with E-state index in [0.29, 0.717) is 20.8 Å². The highest BCUT2D eigenvalue weighted by atomic mass is 35.5.